The van der Waals surface area contributed by atoms with Crippen LogP contribution in [0.5, 0.6) is 5.75 Å². The molecular weight excluding hydrogens is 683 g/mol. The van der Waals surface area contributed by atoms with Gasteiger partial charge in [0.2, 0.25) is 0 Å². The van der Waals surface area contributed by atoms with Gasteiger partial charge in [-0.2, -0.15) is 10.2 Å². The van der Waals surface area contributed by atoms with Crippen molar-refractivity contribution in [2.75, 3.05) is 26.2 Å². The summed E-state index contributed by atoms with van der Waals surface area (Å²) in [5, 5.41) is 18.9. The Morgan fingerprint density at radius 2 is 1.22 bits per heavy atom. The van der Waals surface area contributed by atoms with Crippen molar-refractivity contribution < 1.29 is 28.9 Å². The molecule has 50 heavy (non-hydrogen) atoms. The molecule has 0 saturated carbocycles. The molecule has 2 saturated heterocycles. The maximum atomic E-state index is 12.2. The van der Waals surface area contributed by atoms with Gasteiger partial charge in [-0.15, -0.1) is 0 Å². The van der Waals surface area contributed by atoms with Gasteiger partial charge in [-0.25, -0.2) is 9.59 Å². The van der Waals surface area contributed by atoms with E-state index in [1.54, 1.807) is 28.0 Å². The molecule has 14 heteroatoms. The Balaban J connectivity index is 0.000000237. The summed E-state index contributed by atoms with van der Waals surface area (Å²) in [5.41, 5.74) is 0.630. The van der Waals surface area contributed by atoms with Gasteiger partial charge in [0.05, 0.1) is 23.0 Å². The van der Waals surface area contributed by atoms with Gasteiger partial charge in [0.1, 0.15) is 23.6 Å². The zero-order valence-corrected chi connectivity index (χ0v) is 31.6. The van der Waals surface area contributed by atoms with Gasteiger partial charge in [0.15, 0.2) is 0 Å². The lowest BCUT2D eigenvalue weighted by atomic mass is 9.97. The van der Waals surface area contributed by atoms with Gasteiger partial charge in [0.25, 0.3) is 0 Å². The molecule has 4 heterocycles. The number of carbonyl (C=O) groups is 2. The Morgan fingerprint density at radius 3 is 1.64 bits per heavy atom. The fraction of sp³-hybridized carbons (Fsp3) is 0.611. The quantitative estimate of drug-likeness (QED) is 0.253. The first-order chi connectivity index (χ1) is 23.6. The first-order valence-electron chi connectivity index (χ1n) is 17.3. The van der Waals surface area contributed by atoms with Crippen LogP contribution in [-0.2, 0) is 35.8 Å². The lowest BCUT2D eigenvalue weighted by Gasteiger charge is -2.33. The Kier molecular flexibility index (Phi) is 13.9. The molecule has 0 radical (unpaired) electrons. The molecular formula is C36H52Cl2N6O6. The molecule has 0 aliphatic carbocycles. The summed E-state index contributed by atoms with van der Waals surface area (Å²) in [4.78, 5) is 27.7. The highest BCUT2D eigenvalue weighted by atomic mass is 35.5. The van der Waals surface area contributed by atoms with Crippen LogP contribution in [0, 0.1) is 11.8 Å². The third kappa shape index (κ3) is 13.0. The van der Waals surface area contributed by atoms with Gasteiger partial charge in [0, 0.05) is 56.7 Å². The van der Waals surface area contributed by atoms with E-state index < -0.39 is 11.2 Å². The molecule has 276 valence electrons. The number of halogens is 2. The topological polar surface area (TPSA) is 124 Å². The van der Waals surface area contributed by atoms with E-state index in [-0.39, 0.29) is 18.8 Å². The molecule has 1 aromatic carbocycles. The molecule has 12 nitrogen and oxygen atoms in total. The number of hydrogen-bond acceptors (Lipinski definition) is 8. The number of piperidine rings is 2. The van der Waals surface area contributed by atoms with Crippen LogP contribution in [0.1, 0.15) is 78.6 Å². The number of likely N-dealkylation sites (tertiary alicyclic amines) is 2. The largest absolute Gasteiger partial charge is 0.486 e. The van der Waals surface area contributed by atoms with Crippen molar-refractivity contribution in [1.82, 2.24) is 29.4 Å². The van der Waals surface area contributed by atoms with E-state index in [1.807, 2.05) is 75.4 Å². The van der Waals surface area contributed by atoms with E-state index in [0.29, 0.717) is 53.0 Å². The lowest BCUT2D eigenvalue weighted by molar-refractivity contribution is 0.0166. The van der Waals surface area contributed by atoms with Crippen molar-refractivity contribution in [3.63, 3.8) is 0 Å². The minimum atomic E-state index is -0.461. The molecule has 0 bridgehead atoms. The summed E-state index contributed by atoms with van der Waals surface area (Å²) >= 11 is 12.0. The highest BCUT2D eigenvalue weighted by molar-refractivity contribution is 6.35. The molecule has 2 aromatic heterocycles. The van der Waals surface area contributed by atoms with Gasteiger partial charge in [-0.1, -0.05) is 23.2 Å². The minimum absolute atomic E-state index is 0.0237. The molecule has 2 fully saturated rings. The van der Waals surface area contributed by atoms with Gasteiger partial charge < -0.3 is 29.1 Å². The fourth-order valence-corrected chi connectivity index (χ4v) is 6.16. The summed E-state index contributed by atoms with van der Waals surface area (Å²) in [5.74, 6) is 1.57. The summed E-state index contributed by atoms with van der Waals surface area (Å²) in [6, 6.07) is 8.92. The van der Waals surface area contributed by atoms with Gasteiger partial charge in [-0.3, -0.25) is 9.36 Å². The predicted octanol–water partition coefficient (Wildman–Crippen LogP) is 7.44. The van der Waals surface area contributed by atoms with Crippen molar-refractivity contribution in [3.05, 3.63) is 64.2 Å². The molecule has 2 aliphatic heterocycles. The number of hydrogen-bond donors (Lipinski definition) is 1. The van der Waals surface area contributed by atoms with Crippen LogP contribution in [0.3, 0.4) is 0 Å². The number of carbonyl (C=O) groups excluding carboxylic acids is 2. The van der Waals surface area contributed by atoms with Crippen LogP contribution >= 0.6 is 23.2 Å². The third-order valence-corrected chi connectivity index (χ3v) is 8.78. The number of rotatable bonds is 8. The number of benzene rings is 1. The second-order valence-electron chi connectivity index (χ2n) is 14.9. The van der Waals surface area contributed by atoms with Crippen LogP contribution in [0.15, 0.2) is 42.7 Å². The average Bonchev–Trinajstić information content (AvgIpc) is 3.69. The van der Waals surface area contributed by atoms with E-state index in [4.69, 9.17) is 42.5 Å². The molecule has 2 amide bonds. The summed E-state index contributed by atoms with van der Waals surface area (Å²) in [6.07, 6.45) is 7.18. The number of nitrogens with zero attached hydrogens (tertiary/aromatic N) is 6. The number of aliphatic hydroxyl groups excluding tert-OH is 1. The normalized spacial score (nSPS) is 16.1. The molecule has 2 aliphatic rings. The minimum Gasteiger partial charge on any atom is -0.486 e. The number of aromatic nitrogens is 4. The molecule has 0 atom stereocenters. The Bertz CT molecular complexity index is 1530. The fourth-order valence-electron chi connectivity index (χ4n) is 5.69. The highest BCUT2D eigenvalue weighted by Crippen LogP contribution is 2.28. The maximum Gasteiger partial charge on any atom is 0.410 e. The molecule has 0 unspecified atom stereocenters. The SMILES string of the molecule is CC(C)(C)OC(=O)N1CCC(Cn2ccc(CO)n2)CC1.CC(C)(C)OC(=O)N1CCC(Cn2ccc(COc3ccc(Cl)cc3Cl)n2)CC1. The molecule has 1 N–H and O–H groups in total. The monoisotopic (exact) mass is 734 g/mol. The van der Waals surface area contributed by atoms with E-state index in [1.165, 1.54) is 0 Å². The van der Waals surface area contributed by atoms with E-state index in [0.717, 1.165) is 57.6 Å². The van der Waals surface area contributed by atoms with Crippen molar-refractivity contribution in [1.29, 1.82) is 0 Å². The maximum absolute atomic E-state index is 12.2. The van der Waals surface area contributed by atoms with Gasteiger partial charge in [-0.05, 0) is 109 Å². The summed E-state index contributed by atoms with van der Waals surface area (Å²) in [6.45, 7) is 16.2. The average molecular weight is 736 g/mol. The number of amides is 2. The smallest absolute Gasteiger partial charge is 0.410 e. The van der Waals surface area contributed by atoms with Gasteiger partial charge >= 0.3 is 12.2 Å². The van der Waals surface area contributed by atoms with Crippen LogP contribution < -0.4 is 4.74 Å². The van der Waals surface area contributed by atoms with E-state index in [9.17, 15) is 9.59 Å². The Morgan fingerprint density at radius 1 is 0.760 bits per heavy atom. The Labute approximate surface area is 305 Å². The van der Waals surface area contributed by atoms with Crippen molar-refractivity contribution in [2.45, 2.75) is 105 Å². The molecule has 5 rings (SSSR count). The first-order valence-corrected chi connectivity index (χ1v) is 18.0. The Hall–Kier alpha value is -3.48. The lowest BCUT2D eigenvalue weighted by Crippen LogP contribution is -2.42. The number of aliphatic hydroxyl groups is 1. The van der Waals surface area contributed by atoms with Crippen molar-refractivity contribution in [3.8, 4) is 5.75 Å². The third-order valence-electron chi connectivity index (χ3n) is 8.25. The molecule has 3 aromatic rings. The van der Waals surface area contributed by atoms with Crippen LogP contribution in [0.25, 0.3) is 0 Å². The molecule has 0 spiro atoms. The van der Waals surface area contributed by atoms with Crippen molar-refractivity contribution >= 4 is 35.4 Å². The highest BCUT2D eigenvalue weighted by Gasteiger charge is 2.28. The standard InChI is InChI=1S/C21H27Cl2N3O3.C15H25N3O3/c1-21(2,3)29-20(27)25-9-6-15(7-10-25)13-26-11-8-17(24-26)14-28-19-5-4-16(22)12-18(19)23;1-15(2,3)21-14(20)17-7-4-12(5-8-17)10-18-9-6-13(11-19)16-18/h4-5,8,11-12,15H,6-7,9-10,13-14H2,1-3H3;6,9,12,19H,4-5,7-8,10-11H2,1-3H3. The zero-order valence-electron chi connectivity index (χ0n) is 30.1. The number of ether oxygens (including phenoxy) is 3. The van der Waals surface area contributed by atoms with Crippen LogP contribution in [-0.4, -0.2) is 84.0 Å². The van der Waals surface area contributed by atoms with Crippen LogP contribution in [0.2, 0.25) is 10.0 Å². The van der Waals surface area contributed by atoms with E-state index >= 15 is 0 Å². The summed E-state index contributed by atoms with van der Waals surface area (Å²) in [7, 11) is 0. The second-order valence-corrected chi connectivity index (χ2v) is 15.7. The zero-order chi connectivity index (χ0) is 36.5. The predicted molar refractivity (Wildman–Crippen MR) is 192 cm³/mol. The van der Waals surface area contributed by atoms with Crippen molar-refractivity contribution in [2.24, 2.45) is 11.8 Å². The van der Waals surface area contributed by atoms with Crippen LogP contribution in [0.4, 0.5) is 9.59 Å². The second kappa shape index (κ2) is 17.6. The first kappa shape index (κ1) is 39.3. The summed E-state index contributed by atoms with van der Waals surface area (Å²) < 4.78 is 20.4. The van der Waals surface area contributed by atoms with E-state index in [2.05, 4.69) is 10.2 Å².